The van der Waals surface area contributed by atoms with Crippen molar-refractivity contribution in [2.75, 3.05) is 46.6 Å². The van der Waals surface area contributed by atoms with Crippen LogP contribution >= 0.6 is 0 Å². The van der Waals surface area contributed by atoms with Crippen molar-refractivity contribution in [1.29, 1.82) is 0 Å². The van der Waals surface area contributed by atoms with E-state index in [9.17, 15) is 4.79 Å². The fourth-order valence-electron chi connectivity index (χ4n) is 3.92. The van der Waals surface area contributed by atoms with E-state index in [0.717, 1.165) is 57.9 Å². The molecule has 2 saturated heterocycles. The van der Waals surface area contributed by atoms with E-state index in [-0.39, 0.29) is 17.9 Å². The molecule has 0 unspecified atom stereocenters. The zero-order chi connectivity index (χ0) is 16.8. The Bertz CT molecular complexity index is 523. The number of benzene rings is 1. The molecule has 2 heterocycles. The van der Waals surface area contributed by atoms with Crippen molar-refractivity contribution in [3.8, 4) is 5.75 Å². The summed E-state index contributed by atoms with van der Waals surface area (Å²) in [6, 6.07) is 9.49. The lowest BCUT2D eigenvalue weighted by molar-refractivity contribution is -0.140. The number of para-hydroxylation sites is 1. The standard InChI is InChI=1S/C19H27NO4/c1-22-13-16-14-23-12-9-19(16)7-10-20(11-8-19)18(21)15-24-17-5-3-2-4-6-17/h2-6,16H,7-15H2,1H3/t16-/m1/s1. The van der Waals surface area contributed by atoms with Crippen LogP contribution in [0.5, 0.6) is 5.75 Å². The maximum absolute atomic E-state index is 12.4. The second-order valence-electron chi connectivity index (χ2n) is 6.82. The Morgan fingerprint density at radius 3 is 2.71 bits per heavy atom. The van der Waals surface area contributed by atoms with E-state index in [1.165, 1.54) is 0 Å². The summed E-state index contributed by atoms with van der Waals surface area (Å²) >= 11 is 0. The van der Waals surface area contributed by atoms with Crippen LogP contribution in [0, 0.1) is 11.3 Å². The van der Waals surface area contributed by atoms with Gasteiger partial charge in [-0.1, -0.05) is 18.2 Å². The fourth-order valence-corrected chi connectivity index (χ4v) is 3.92. The number of hydrogen-bond donors (Lipinski definition) is 0. The first-order valence-electron chi connectivity index (χ1n) is 8.76. The second-order valence-corrected chi connectivity index (χ2v) is 6.82. The van der Waals surface area contributed by atoms with Crippen LogP contribution in [0.25, 0.3) is 0 Å². The van der Waals surface area contributed by atoms with E-state index in [1.54, 1.807) is 7.11 Å². The topological polar surface area (TPSA) is 48.0 Å². The van der Waals surface area contributed by atoms with Gasteiger partial charge in [-0.3, -0.25) is 4.79 Å². The first kappa shape index (κ1) is 17.2. The number of hydrogen-bond acceptors (Lipinski definition) is 4. The molecule has 2 aliphatic heterocycles. The SMILES string of the molecule is COC[C@@H]1COCCC12CCN(C(=O)COc1ccccc1)CC2. The first-order chi connectivity index (χ1) is 11.7. The highest BCUT2D eigenvalue weighted by molar-refractivity contribution is 5.77. The third-order valence-corrected chi connectivity index (χ3v) is 5.51. The summed E-state index contributed by atoms with van der Waals surface area (Å²) in [5, 5.41) is 0. The maximum atomic E-state index is 12.4. The van der Waals surface area contributed by atoms with Gasteiger partial charge in [0.05, 0.1) is 13.2 Å². The second kappa shape index (κ2) is 7.99. The number of carbonyl (C=O) groups is 1. The smallest absolute Gasteiger partial charge is 0.260 e. The van der Waals surface area contributed by atoms with Gasteiger partial charge in [-0.25, -0.2) is 0 Å². The van der Waals surface area contributed by atoms with Crippen LogP contribution in [-0.2, 0) is 14.3 Å². The quantitative estimate of drug-likeness (QED) is 0.830. The molecule has 24 heavy (non-hydrogen) atoms. The lowest BCUT2D eigenvalue weighted by Crippen LogP contribution is -2.51. The van der Waals surface area contributed by atoms with E-state index >= 15 is 0 Å². The van der Waals surface area contributed by atoms with Gasteiger partial charge in [0.15, 0.2) is 6.61 Å². The van der Waals surface area contributed by atoms with Crippen LogP contribution in [0.3, 0.4) is 0 Å². The Morgan fingerprint density at radius 2 is 2.00 bits per heavy atom. The molecule has 5 heteroatoms. The lowest BCUT2D eigenvalue weighted by atomic mass is 9.66. The summed E-state index contributed by atoms with van der Waals surface area (Å²) in [4.78, 5) is 14.3. The first-order valence-corrected chi connectivity index (χ1v) is 8.76. The molecule has 1 spiro atoms. The van der Waals surface area contributed by atoms with Crippen LogP contribution in [0.15, 0.2) is 30.3 Å². The summed E-state index contributed by atoms with van der Waals surface area (Å²) in [7, 11) is 1.75. The Hall–Kier alpha value is -1.59. The summed E-state index contributed by atoms with van der Waals surface area (Å²) in [5.74, 6) is 1.25. The minimum absolute atomic E-state index is 0.0732. The average molecular weight is 333 g/mol. The Balaban J connectivity index is 1.51. The number of likely N-dealkylation sites (tertiary alicyclic amines) is 1. The van der Waals surface area contributed by atoms with Crippen molar-refractivity contribution in [2.24, 2.45) is 11.3 Å². The molecule has 0 aromatic heterocycles. The molecular formula is C19H27NO4. The van der Waals surface area contributed by atoms with Crippen LogP contribution in [0.2, 0.25) is 0 Å². The minimum Gasteiger partial charge on any atom is -0.484 e. The summed E-state index contributed by atoms with van der Waals surface area (Å²) in [6.07, 6.45) is 3.13. The number of methoxy groups -OCH3 is 1. The van der Waals surface area contributed by atoms with Crippen molar-refractivity contribution in [2.45, 2.75) is 19.3 Å². The van der Waals surface area contributed by atoms with Gasteiger partial charge >= 0.3 is 0 Å². The predicted molar refractivity (Wildman–Crippen MR) is 91.0 cm³/mol. The van der Waals surface area contributed by atoms with E-state index in [2.05, 4.69) is 0 Å². The van der Waals surface area contributed by atoms with Gasteiger partial charge in [0.25, 0.3) is 5.91 Å². The molecule has 3 rings (SSSR count). The van der Waals surface area contributed by atoms with Gasteiger partial charge in [-0.15, -0.1) is 0 Å². The third kappa shape index (κ3) is 3.90. The monoisotopic (exact) mass is 333 g/mol. The van der Waals surface area contributed by atoms with Crippen molar-refractivity contribution in [3.63, 3.8) is 0 Å². The van der Waals surface area contributed by atoms with Gasteiger partial charge in [-0.2, -0.15) is 0 Å². The van der Waals surface area contributed by atoms with E-state index in [0.29, 0.717) is 5.92 Å². The molecule has 1 aromatic rings. The number of nitrogens with zero attached hydrogens (tertiary/aromatic N) is 1. The zero-order valence-electron chi connectivity index (χ0n) is 14.4. The highest BCUT2D eigenvalue weighted by atomic mass is 16.5. The van der Waals surface area contributed by atoms with Crippen LogP contribution in [0.4, 0.5) is 0 Å². The van der Waals surface area contributed by atoms with E-state index in [1.807, 2.05) is 35.2 Å². The van der Waals surface area contributed by atoms with E-state index < -0.39 is 0 Å². The summed E-state index contributed by atoms with van der Waals surface area (Å²) in [6.45, 7) is 4.06. The molecular weight excluding hydrogens is 306 g/mol. The third-order valence-electron chi connectivity index (χ3n) is 5.51. The Kier molecular flexibility index (Phi) is 5.74. The van der Waals surface area contributed by atoms with Crippen LogP contribution < -0.4 is 4.74 Å². The molecule has 0 aliphatic carbocycles. The average Bonchev–Trinajstić information content (AvgIpc) is 2.63. The number of piperidine rings is 1. The lowest BCUT2D eigenvalue weighted by Gasteiger charge is -2.48. The van der Waals surface area contributed by atoms with Crippen molar-refractivity contribution < 1.29 is 19.0 Å². The van der Waals surface area contributed by atoms with Gasteiger partial charge in [-0.05, 0) is 36.8 Å². The molecule has 0 radical (unpaired) electrons. The largest absolute Gasteiger partial charge is 0.484 e. The molecule has 2 fully saturated rings. The molecule has 2 aliphatic rings. The number of amides is 1. The normalized spacial score (nSPS) is 23.2. The number of rotatable bonds is 5. The highest BCUT2D eigenvalue weighted by Gasteiger charge is 2.44. The maximum Gasteiger partial charge on any atom is 0.260 e. The number of ether oxygens (including phenoxy) is 3. The number of carbonyl (C=O) groups excluding carboxylic acids is 1. The highest BCUT2D eigenvalue weighted by Crippen LogP contribution is 2.44. The molecule has 5 nitrogen and oxygen atoms in total. The van der Waals surface area contributed by atoms with Gasteiger partial charge in [0.2, 0.25) is 0 Å². The predicted octanol–water partition coefficient (Wildman–Crippen LogP) is 2.36. The minimum atomic E-state index is 0.0732. The van der Waals surface area contributed by atoms with Gasteiger partial charge in [0, 0.05) is 32.7 Å². The van der Waals surface area contributed by atoms with Crippen LogP contribution in [-0.4, -0.2) is 57.4 Å². The van der Waals surface area contributed by atoms with Crippen LogP contribution in [0.1, 0.15) is 19.3 Å². The summed E-state index contributed by atoms with van der Waals surface area (Å²) in [5.41, 5.74) is 0.269. The fraction of sp³-hybridized carbons (Fsp3) is 0.632. The van der Waals surface area contributed by atoms with E-state index in [4.69, 9.17) is 14.2 Å². The van der Waals surface area contributed by atoms with Gasteiger partial charge < -0.3 is 19.1 Å². The Morgan fingerprint density at radius 1 is 1.25 bits per heavy atom. The molecule has 0 saturated carbocycles. The Labute approximate surface area is 143 Å². The van der Waals surface area contributed by atoms with Crippen molar-refractivity contribution >= 4 is 5.91 Å². The van der Waals surface area contributed by atoms with Gasteiger partial charge in [0.1, 0.15) is 5.75 Å². The summed E-state index contributed by atoms with van der Waals surface area (Å²) < 4.78 is 16.6. The van der Waals surface area contributed by atoms with Crippen molar-refractivity contribution in [3.05, 3.63) is 30.3 Å². The zero-order valence-corrected chi connectivity index (χ0v) is 14.4. The molecule has 1 atom stereocenters. The molecule has 132 valence electrons. The molecule has 1 amide bonds. The molecule has 1 aromatic carbocycles. The van der Waals surface area contributed by atoms with Crippen molar-refractivity contribution in [1.82, 2.24) is 4.90 Å². The molecule has 0 bridgehead atoms. The molecule has 0 N–H and O–H groups in total.